The zero-order chi connectivity index (χ0) is 23.0. The summed E-state index contributed by atoms with van der Waals surface area (Å²) < 4.78 is 49.8. The fraction of sp³-hybridized carbons (Fsp3) is 0.520. The van der Waals surface area contributed by atoms with Gasteiger partial charge in [0.1, 0.15) is 30.4 Å². The Bertz CT molecular complexity index is 1030. The van der Waals surface area contributed by atoms with Crippen LogP contribution in [0, 0.1) is 18.8 Å². The van der Waals surface area contributed by atoms with Crippen LogP contribution >= 0.6 is 0 Å². The smallest absolute Gasteiger partial charge is 0.416 e. The van der Waals surface area contributed by atoms with Crippen molar-refractivity contribution in [2.24, 2.45) is 11.8 Å². The first-order chi connectivity index (χ1) is 15.7. The fourth-order valence-electron chi connectivity index (χ4n) is 6.32. The second-order valence-electron chi connectivity index (χ2n) is 9.94. The topological polar surface area (TPSA) is 54.0 Å². The zero-order valence-electron chi connectivity index (χ0n) is 18.3. The quantitative estimate of drug-likeness (QED) is 0.590. The van der Waals surface area contributed by atoms with Crippen molar-refractivity contribution in [1.29, 1.82) is 0 Å². The Hall–Kier alpha value is -2.29. The highest BCUT2D eigenvalue weighted by molar-refractivity contribution is 5.59. The van der Waals surface area contributed by atoms with E-state index in [1.807, 2.05) is 31.2 Å². The zero-order valence-corrected chi connectivity index (χ0v) is 18.3. The highest BCUT2D eigenvalue weighted by Gasteiger charge is 3.04. The van der Waals surface area contributed by atoms with Gasteiger partial charge in [-0.25, -0.2) is 0 Å². The summed E-state index contributed by atoms with van der Waals surface area (Å²) in [4.78, 5) is 2.48. The Labute approximate surface area is 190 Å². The Morgan fingerprint density at radius 2 is 1.76 bits per heavy atom. The third-order valence-electron chi connectivity index (χ3n) is 7.96. The van der Waals surface area contributed by atoms with Gasteiger partial charge in [-0.15, -0.1) is 0 Å². The molecule has 1 heterocycles. The molecule has 0 aromatic heterocycles. The van der Waals surface area contributed by atoms with Gasteiger partial charge in [0.2, 0.25) is 0 Å². The molecule has 4 aliphatic carbocycles. The minimum Gasteiger partial charge on any atom is -0.489 e. The Balaban J connectivity index is 0.962. The lowest BCUT2D eigenvalue weighted by atomic mass is 9.68. The Morgan fingerprint density at radius 3 is 2.39 bits per heavy atom. The first-order valence-corrected chi connectivity index (χ1v) is 11.5. The molecule has 8 heteroatoms. The van der Waals surface area contributed by atoms with Crippen LogP contribution in [-0.4, -0.2) is 53.1 Å². The molecule has 4 saturated carbocycles. The first-order valence-electron chi connectivity index (χ1n) is 11.5. The monoisotopic (exact) mass is 460 g/mol. The highest BCUT2D eigenvalue weighted by Crippen LogP contribution is 2.94. The number of aliphatic hydroxyl groups is 1. The number of benzene rings is 2. The Morgan fingerprint density at radius 1 is 1.09 bits per heavy atom. The van der Waals surface area contributed by atoms with Crippen LogP contribution in [0.1, 0.15) is 24.0 Å². The summed E-state index contributed by atoms with van der Waals surface area (Å²) in [5, 5.41) is 13.8. The van der Waals surface area contributed by atoms with E-state index < -0.39 is 18.0 Å². The average Bonchev–Trinajstić information content (AvgIpc) is 3.45. The molecule has 1 saturated heterocycles. The summed E-state index contributed by atoms with van der Waals surface area (Å²) in [5.74, 6) is 2.38. The van der Waals surface area contributed by atoms with Gasteiger partial charge in [-0.05, 0) is 56.2 Å². The molecule has 7 rings (SSSR count). The summed E-state index contributed by atoms with van der Waals surface area (Å²) in [5.41, 5.74) is 0.799. The predicted octanol–water partition coefficient (Wildman–Crippen LogP) is 3.59. The number of hydrogen-bond acceptors (Lipinski definition) is 5. The number of likely N-dealkylation sites (tertiary alicyclic amines) is 1. The van der Waals surface area contributed by atoms with E-state index in [1.54, 1.807) is 0 Å². The van der Waals surface area contributed by atoms with E-state index in [4.69, 9.17) is 9.47 Å². The van der Waals surface area contributed by atoms with Gasteiger partial charge in [-0.2, -0.15) is 13.2 Å². The van der Waals surface area contributed by atoms with Crippen molar-refractivity contribution in [2.45, 2.75) is 49.4 Å². The molecular weight excluding hydrogens is 433 g/mol. The average molecular weight is 460 g/mol. The lowest BCUT2D eigenvalue weighted by Crippen LogP contribution is -2.70. The number of hydrogen-bond donors (Lipinski definition) is 2. The van der Waals surface area contributed by atoms with Gasteiger partial charge in [0.15, 0.2) is 0 Å². The molecule has 5 fully saturated rings. The third-order valence-corrected chi connectivity index (χ3v) is 7.96. The number of nitrogens with zero attached hydrogens (tertiary/aromatic N) is 1. The molecule has 4 unspecified atom stereocenters. The van der Waals surface area contributed by atoms with Crippen LogP contribution < -0.4 is 14.8 Å². The summed E-state index contributed by atoms with van der Waals surface area (Å²) in [7, 11) is 0. The van der Waals surface area contributed by atoms with Gasteiger partial charge in [-0.1, -0.05) is 17.7 Å². The number of nitrogens with one attached hydrogen (secondary N) is 1. The molecule has 2 aromatic carbocycles. The minimum absolute atomic E-state index is 0.00688. The molecular formula is C25H27F3N2O3. The maximum absolute atomic E-state index is 12.7. The van der Waals surface area contributed by atoms with E-state index in [0.717, 1.165) is 49.4 Å². The first kappa shape index (κ1) is 21.3. The fourth-order valence-corrected chi connectivity index (χ4v) is 6.32. The molecule has 1 aliphatic heterocycles. The molecule has 5 aliphatic rings. The van der Waals surface area contributed by atoms with Crippen LogP contribution in [0.2, 0.25) is 0 Å². The predicted molar refractivity (Wildman–Crippen MR) is 115 cm³/mol. The van der Waals surface area contributed by atoms with Crippen molar-refractivity contribution in [3.8, 4) is 11.5 Å². The van der Waals surface area contributed by atoms with Gasteiger partial charge in [0, 0.05) is 36.0 Å². The lowest BCUT2D eigenvalue weighted by molar-refractivity contribution is -0.137. The molecule has 0 radical (unpaired) electrons. The van der Waals surface area contributed by atoms with Gasteiger partial charge >= 0.3 is 6.18 Å². The van der Waals surface area contributed by atoms with Gasteiger partial charge in [-0.3, -0.25) is 10.2 Å². The van der Waals surface area contributed by atoms with Crippen LogP contribution in [0.15, 0.2) is 48.5 Å². The molecule has 0 amide bonds. The van der Waals surface area contributed by atoms with Crippen molar-refractivity contribution in [3.05, 3.63) is 59.7 Å². The number of rotatable bonds is 8. The van der Waals surface area contributed by atoms with Gasteiger partial charge < -0.3 is 14.6 Å². The highest BCUT2D eigenvalue weighted by atomic mass is 19.4. The molecule has 176 valence electrons. The van der Waals surface area contributed by atoms with E-state index in [2.05, 4.69) is 10.2 Å². The summed E-state index contributed by atoms with van der Waals surface area (Å²) in [6, 6.07) is 12.7. The van der Waals surface area contributed by atoms with E-state index in [1.165, 1.54) is 12.1 Å². The number of halogens is 3. The second-order valence-corrected chi connectivity index (χ2v) is 9.94. The largest absolute Gasteiger partial charge is 0.489 e. The number of aliphatic hydroxyl groups excluding tert-OH is 1. The molecule has 33 heavy (non-hydrogen) atoms. The summed E-state index contributed by atoms with van der Waals surface area (Å²) >= 11 is 0. The maximum atomic E-state index is 12.7. The van der Waals surface area contributed by atoms with Gasteiger partial charge in [0.05, 0.1) is 5.56 Å². The van der Waals surface area contributed by atoms with E-state index >= 15 is 0 Å². The maximum Gasteiger partial charge on any atom is 0.416 e. The van der Waals surface area contributed by atoms with Crippen LogP contribution in [-0.2, 0) is 6.18 Å². The van der Waals surface area contributed by atoms with E-state index in [0.29, 0.717) is 17.6 Å². The second kappa shape index (κ2) is 7.10. The van der Waals surface area contributed by atoms with Crippen LogP contribution in [0.4, 0.5) is 13.2 Å². The van der Waals surface area contributed by atoms with E-state index in [9.17, 15) is 18.3 Å². The minimum atomic E-state index is -4.33. The van der Waals surface area contributed by atoms with Crippen LogP contribution in [0.3, 0.4) is 0 Å². The summed E-state index contributed by atoms with van der Waals surface area (Å²) in [6.45, 7) is 3.96. The normalized spacial score (nSPS) is 34.9. The van der Waals surface area contributed by atoms with Crippen molar-refractivity contribution >= 4 is 0 Å². The van der Waals surface area contributed by atoms with Crippen molar-refractivity contribution in [3.63, 3.8) is 0 Å². The van der Waals surface area contributed by atoms with Crippen molar-refractivity contribution in [2.75, 3.05) is 19.7 Å². The molecule has 2 bridgehead atoms. The SMILES string of the molecule is Cc1ccc(OCC(O)NC23CC4(N5CCC(Oc6ccc(C(F)(F)F)cc6)C5)C2C34)cc1. The Kier molecular flexibility index (Phi) is 4.58. The van der Waals surface area contributed by atoms with Crippen LogP contribution in [0.25, 0.3) is 0 Å². The van der Waals surface area contributed by atoms with Gasteiger partial charge in [0.25, 0.3) is 0 Å². The number of aryl methyl sites for hydroxylation is 1. The molecule has 0 spiro atoms. The molecule has 5 nitrogen and oxygen atoms in total. The van der Waals surface area contributed by atoms with Crippen LogP contribution in [0.5, 0.6) is 11.5 Å². The molecule has 4 atom stereocenters. The molecule has 2 aromatic rings. The number of alkyl halides is 3. The number of ether oxygens (including phenoxy) is 2. The third kappa shape index (κ3) is 3.33. The lowest BCUT2D eigenvalue weighted by Gasteiger charge is -2.55. The molecule has 2 N–H and O–H groups in total. The van der Waals surface area contributed by atoms with Crippen molar-refractivity contribution in [1.82, 2.24) is 10.2 Å². The van der Waals surface area contributed by atoms with Crippen molar-refractivity contribution < 1.29 is 27.8 Å². The summed E-state index contributed by atoms with van der Waals surface area (Å²) in [6.07, 6.45) is -3.15. The van der Waals surface area contributed by atoms with E-state index in [-0.39, 0.29) is 23.8 Å². The standard InChI is InChI=1S/C25H27F3N2O3/c1-15-2-6-17(7-3-15)32-13-20(31)29-23-14-24(21(23)22(23)24)30-11-10-19(12-30)33-18-8-4-16(5-9-18)25(26,27)28/h2-9,19-22,29,31H,10-14H2,1H3.